The zero-order chi connectivity index (χ0) is 13.0. The monoisotopic (exact) mass is 254 g/mol. The Morgan fingerprint density at radius 3 is 2.28 bits per heavy atom. The Bertz CT molecular complexity index is 241. The summed E-state index contributed by atoms with van der Waals surface area (Å²) >= 11 is 0. The molecule has 106 valence electrons. The average Bonchev–Trinajstić information content (AvgIpc) is 2.39. The van der Waals surface area contributed by atoms with Crippen molar-refractivity contribution in [1.82, 2.24) is 5.32 Å². The van der Waals surface area contributed by atoms with Crippen molar-refractivity contribution in [1.29, 1.82) is 0 Å². The molecule has 18 heavy (non-hydrogen) atoms. The van der Waals surface area contributed by atoms with Gasteiger partial charge in [0.25, 0.3) is 0 Å². The minimum absolute atomic E-state index is 0.408. The standard InChI is InChI=1S/C15H30N2O/c1-2-12-7-9-15(18,10-8-12)11-17-14-5-3-13(16)4-6-14/h12-14,17-18H,2-11,16H2,1H3. The highest BCUT2D eigenvalue weighted by Crippen LogP contribution is 2.33. The quantitative estimate of drug-likeness (QED) is 0.720. The molecular formula is C15H30N2O. The molecule has 0 radical (unpaired) electrons. The molecule has 3 heteroatoms. The molecule has 0 amide bonds. The van der Waals surface area contributed by atoms with Gasteiger partial charge in [-0.2, -0.15) is 0 Å². The number of rotatable bonds is 4. The van der Waals surface area contributed by atoms with Gasteiger partial charge in [0.15, 0.2) is 0 Å². The van der Waals surface area contributed by atoms with Crippen molar-refractivity contribution in [3.63, 3.8) is 0 Å². The normalized spacial score (nSPS) is 41.8. The maximum absolute atomic E-state index is 10.6. The first-order chi connectivity index (χ1) is 8.61. The summed E-state index contributed by atoms with van der Waals surface area (Å²) in [6.45, 7) is 3.04. The summed E-state index contributed by atoms with van der Waals surface area (Å²) in [6.07, 6.45) is 10.2. The maximum atomic E-state index is 10.6. The second kappa shape index (κ2) is 6.36. The summed E-state index contributed by atoms with van der Waals surface area (Å²) in [4.78, 5) is 0. The van der Waals surface area contributed by atoms with Crippen LogP contribution < -0.4 is 11.1 Å². The smallest absolute Gasteiger partial charge is 0.0771 e. The van der Waals surface area contributed by atoms with Gasteiger partial charge in [-0.05, 0) is 57.3 Å². The summed E-state index contributed by atoms with van der Waals surface area (Å²) in [6, 6.07) is 0.990. The lowest BCUT2D eigenvalue weighted by Crippen LogP contribution is -2.48. The third kappa shape index (κ3) is 3.94. The van der Waals surface area contributed by atoms with Gasteiger partial charge in [-0.3, -0.25) is 0 Å². The number of nitrogens with two attached hydrogens (primary N) is 1. The molecule has 3 nitrogen and oxygen atoms in total. The molecule has 2 fully saturated rings. The Balaban J connectivity index is 1.69. The van der Waals surface area contributed by atoms with Gasteiger partial charge in [0.2, 0.25) is 0 Å². The third-order valence-corrected chi connectivity index (χ3v) is 5.10. The summed E-state index contributed by atoms with van der Waals surface area (Å²) in [5, 5.41) is 14.2. The van der Waals surface area contributed by atoms with E-state index < -0.39 is 5.60 Å². The Labute approximate surface area is 112 Å². The van der Waals surface area contributed by atoms with Gasteiger partial charge < -0.3 is 16.2 Å². The highest BCUT2D eigenvalue weighted by molar-refractivity contribution is 4.89. The van der Waals surface area contributed by atoms with Crippen molar-refractivity contribution in [3.8, 4) is 0 Å². The van der Waals surface area contributed by atoms with Crippen LogP contribution in [0.15, 0.2) is 0 Å². The van der Waals surface area contributed by atoms with Crippen LogP contribution in [0.3, 0.4) is 0 Å². The van der Waals surface area contributed by atoms with E-state index in [0.29, 0.717) is 12.1 Å². The van der Waals surface area contributed by atoms with Gasteiger partial charge in [0, 0.05) is 18.6 Å². The summed E-state index contributed by atoms with van der Waals surface area (Å²) in [5.74, 6) is 0.845. The lowest BCUT2D eigenvalue weighted by molar-refractivity contribution is -0.0115. The van der Waals surface area contributed by atoms with Crippen molar-refractivity contribution >= 4 is 0 Å². The Morgan fingerprint density at radius 1 is 1.11 bits per heavy atom. The van der Waals surface area contributed by atoms with E-state index in [4.69, 9.17) is 5.73 Å². The maximum Gasteiger partial charge on any atom is 0.0771 e. The first kappa shape index (κ1) is 14.3. The molecule has 2 rings (SSSR count). The van der Waals surface area contributed by atoms with E-state index in [2.05, 4.69) is 12.2 Å². The topological polar surface area (TPSA) is 58.3 Å². The Kier molecular flexibility index (Phi) is 5.05. The van der Waals surface area contributed by atoms with E-state index >= 15 is 0 Å². The number of hydrogen-bond donors (Lipinski definition) is 3. The molecular weight excluding hydrogens is 224 g/mol. The van der Waals surface area contributed by atoms with Gasteiger partial charge in [-0.15, -0.1) is 0 Å². The molecule has 2 saturated carbocycles. The number of nitrogens with one attached hydrogen (secondary N) is 1. The molecule has 0 aromatic rings. The van der Waals surface area contributed by atoms with Crippen molar-refractivity contribution < 1.29 is 5.11 Å². The number of hydrogen-bond acceptors (Lipinski definition) is 3. The van der Waals surface area contributed by atoms with Crippen LogP contribution in [-0.4, -0.2) is 29.3 Å². The number of aliphatic hydroxyl groups is 1. The van der Waals surface area contributed by atoms with Crippen molar-refractivity contribution in [3.05, 3.63) is 0 Å². The first-order valence-corrected chi connectivity index (χ1v) is 7.82. The van der Waals surface area contributed by atoms with Gasteiger partial charge in [-0.1, -0.05) is 13.3 Å². The SMILES string of the molecule is CCC1CCC(O)(CNC2CCC(N)CC2)CC1. The fraction of sp³-hybridized carbons (Fsp3) is 1.00. The van der Waals surface area contributed by atoms with Crippen LogP contribution >= 0.6 is 0 Å². The Hall–Kier alpha value is -0.120. The largest absolute Gasteiger partial charge is 0.389 e. The molecule has 0 aromatic carbocycles. The van der Waals surface area contributed by atoms with Crippen LogP contribution in [0.1, 0.15) is 64.7 Å². The third-order valence-electron chi connectivity index (χ3n) is 5.10. The predicted molar refractivity (Wildman–Crippen MR) is 75.4 cm³/mol. The van der Waals surface area contributed by atoms with Crippen molar-refractivity contribution in [2.75, 3.05) is 6.54 Å². The van der Waals surface area contributed by atoms with Gasteiger partial charge >= 0.3 is 0 Å². The van der Waals surface area contributed by atoms with E-state index in [9.17, 15) is 5.11 Å². The van der Waals surface area contributed by atoms with Crippen LogP contribution in [0.2, 0.25) is 0 Å². The molecule has 0 spiro atoms. The summed E-state index contributed by atoms with van der Waals surface area (Å²) in [7, 11) is 0. The average molecular weight is 254 g/mol. The molecule has 0 unspecified atom stereocenters. The second-order valence-electron chi connectivity index (χ2n) is 6.57. The van der Waals surface area contributed by atoms with Crippen LogP contribution in [0.25, 0.3) is 0 Å². The highest BCUT2D eigenvalue weighted by Gasteiger charge is 2.33. The molecule has 0 bridgehead atoms. The molecule has 2 aliphatic carbocycles. The lowest BCUT2D eigenvalue weighted by Gasteiger charge is -2.38. The minimum Gasteiger partial charge on any atom is -0.389 e. The lowest BCUT2D eigenvalue weighted by atomic mass is 9.77. The van der Waals surface area contributed by atoms with Crippen LogP contribution in [0, 0.1) is 5.92 Å². The molecule has 0 atom stereocenters. The molecule has 0 saturated heterocycles. The van der Waals surface area contributed by atoms with E-state index in [-0.39, 0.29) is 0 Å². The van der Waals surface area contributed by atoms with Gasteiger partial charge in [0.05, 0.1) is 5.60 Å². The molecule has 0 aliphatic heterocycles. The Morgan fingerprint density at radius 2 is 1.72 bits per heavy atom. The van der Waals surface area contributed by atoms with E-state index in [1.165, 1.54) is 32.1 Å². The minimum atomic E-state index is -0.439. The van der Waals surface area contributed by atoms with Crippen LogP contribution in [0.5, 0.6) is 0 Å². The van der Waals surface area contributed by atoms with Crippen LogP contribution in [0.4, 0.5) is 0 Å². The first-order valence-electron chi connectivity index (χ1n) is 7.82. The second-order valence-corrected chi connectivity index (χ2v) is 6.57. The molecule has 2 aliphatic rings. The summed E-state index contributed by atoms with van der Waals surface area (Å²) in [5.41, 5.74) is 5.48. The van der Waals surface area contributed by atoms with Gasteiger partial charge in [0.1, 0.15) is 0 Å². The zero-order valence-corrected chi connectivity index (χ0v) is 11.8. The molecule has 0 aromatic heterocycles. The van der Waals surface area contributed by atoms with Crippen molar-refractivity contribution in [2.24, 2.45) is 11.7 Å². The predicted octanol–water partition coefficient (Wildman–Crippen LogP) is 2.18. The molecule has 4 N–H and O–H groups in total. The van der Waals surface area contributed by atoms with E-state index in [1.54, 1.807) is 0 Å². The fourth-order valence-electron chi connectivity index (χ4n) is 3.46. The summed E-state index contributed by atoms with van der Waals surface area (Å²) < 4.78 is 0. The van der Waals surface area contributed by atoms with Crippen LogP contribution in [-0.2, 0) is 0 Å². The van der Waals surface area contributed by atoms with E-state index in [0.717, 1.165) is 38.1 Å². The highest BCUT2D eigenvalue weighted by atomic mass is 16.3. The zero-order valence-electron chi connectivity index (χ0n) is 11.8. The fourth-order valence-corrected chi connectivity index (χ4v) is 3.46. The van der Waals surface area contributed by atoms with Crippen molar-refractivity contribution in [2.45, 2.75) is 82.4 Å². The molecule has 0 heterocycles. The van der Waals surface area contributed by atoms with Gasteiger partial charge in [-0.25, -0.2) is 0 Å². The van der Waals surface area contributed by atoms with E-state index in [1.807, 2.05) is 0 Å².